The molecule has 6 heteroatoms. The van der Waals surface area contributed by atoms with E-state index in [2.05, 4.69) is 10.4 Å². The van der Waals surface area contributed by atoms with E-state index in [9.17, 15) is 9.59 Å². The normalized spacial score (nSPS) is 19.2. The number of nitrogens with one attached hydrogen (secondary N) is 1. The number of nitrogens with zero attached hydrogens (tertiary/aromatic N) is 3. The second-order valence-electron chi connectivity index (χ2n) is 8.53. The van der Waals surface area contributed by atoms with Crippen molar-refractivity contribution < 1.29 is 9.59 Å². The van der Waals surface area contributed by atoms with E-state index in [0.29, 0.717) is 23.9 Å². The summed E-state index contributed by atoms with van der Waals surface area (Å²) in [5, 5.41) is 7.55. The zero-order valence-electron chi connectivity index (χ0n) is 17.4. The molecular formula is C23H30N4O2. The molecule has 1 aromatic carbocycles. The summed E-state index contributed by atoms with van der Waals surface area (Å²) in [6.07, 6.45) is 5.77. The first-order valence-electron chi connectivity index (χ1n) is 10.7. The summed E-state index contributed by atoms with van der Waals surface area (Å²) in [6.45, 7) is 5.54. The van der Waals surface area contributed by atoms with Gasteiger partial charge in [0.2, 0.25) is 5.91 Å². The number of rotatable bonds is 6. The molecule has 6 nitrogen and oxygen atoms in total. The number of aryl methyl sites for hydroxylation is 2. The lowest BCUT2D eigenvalue weighted by Crippen LogP contribution is -2.40. The number of amides is 2. The SMILES string of the molecule is Cc1cc(C)n(-c2ccc(C(=O)N3CCC[C@H](CCC(=O)NC4CC4)C3)cc2)n1. The van der Waals surface area contributed by atoms with Gasteiger partial charge in [-0.1, -0.05) is 0 Å². The molecule has 1 saturated carbocycles. The summed E-state index contributed by atoms with van der Waals surface area (Å²) in [5.41, 5.74) is 3.73. The molecule has 1 atom stereocenters. The number of benzene rings is 1. The van der Waals surface area contributed by atoms with Crippen LogP contribution in [0.15, 0.2) is 30.3 Å². The molecule has 2 aliphatic rings. The van der Waals surface area contributed by atoms with Crippen LogP contribution in [0.4, 0.5) is 0 Å². The Morgan fingerprint density at radius 2 is 1.90 bits per heavy atom. The highest BCUT2D eigenvalue weighted by Crippen LogP contribution is 2.24. The second kappa shape index (κ2) is 8.39. The van der Waals surface area contributed by atoms with Gasteiger partial charge in [0.15, 0.2) is 0 Å². The maximum absolute atomic E-state index is 13.0. The number of aromatic nitrogens is 2. The average molecular weight is 395 g/mol. The van der Waals surface area contributed by atoms with E-state index >= 15 is 0 Å². The van der Waals surface area contributed by atoms with Crippen LogP contribution in [0, 0.1) is 19.8 Å². The molecule has 2 heterocycles. The average Bonchev–Trinajstić information content (AvgIpc) is 3.47. The molecule has 0 unspecified atom stereocenters. The molecule has 1 aromatic heterocycles. The van der Waals surface area contributed by atoms with Gasteiger partial charge in [0.25, 0.3) is 5.91 Å². The summed E-state index contributed by atoms with van der Waals surface area (Å²) in [7, 11) is 0. The Morgan fingerprint density at radius 1 is 1.14 bits per heavy atom. The smallest absolute Gasteiger partial charge is 0.253 e. The largest absolute Gasteiger partial charge is 0.353 e. The Kier molecular flexibility index (Phi) is 5.69. The fourth-order valence-corrected chi connectivity index (χ4v) is 4.17. The minimum atomic E-state index is 0.0806. The molecular weight excluding hydrogens is 364 g/mol. The van der Waals surface area contributed by atoms with Crippen molar-refractivity contribution in [3.05, 3.63) is 47.3 Å². The van der Waals surface area contributed by atoms with Crippen LogP contribution in [0.1, 0.15) is 60.3 Å². The lowest BCUT2D eigenvalue weighted by atomic mass is 9.92. The highest BCUT2D eigenvalue weighted by molar-refractivity contribution is 5.94. The Bertz CT molecular complexity index is 883. The molecule has 1 aliphatic carbocycles. The van der Waals surface area contributed by atoms with Gasteiger partial charge in [0.1, 0.15) is 0 Å². The van der Waals surface area contributed by atoms with Gasteiger partial charge in [-0.15, -0.1) is 0 Å². The van der Waals surface area contributed by atoms with E-state index in [1.165, 1.54) is 0 Å². The Morgan fingerprint density at radius 3 is 2.55 bits per heavy atom. The fourth-order valence-electron chi connectivity index (χ4n) is 4.17. The monoisotopic (exact) mass is 394 g/mol. The first kappa shape index (κ1) is 19.7. The van der Waals surface area contributed by atoms with Crippen molar-refractivity contribution in [2.75, 3.05) is 13.1 Å². The van der Waals surface area contributed by atoms with Crippen LogP contribution in [0.3, 0.4) is 0 Å². The van der Waals surface area contributed by atoms with Crippen LogP contribution in [0.5, 0.6) is 0 Å². The number of hydrogen-bond acceptors (Lipinski definition) is 3. The minimum absolute atomic E-state index is 0.0806. The van der Waals surface area contributed by atoms with Gasteiger partial charge in [-0.05, 0) is 82.2 Å². The van der Waals surface area contributed by atoms with Gasteiger partial charge >= 0.3 is 0 Å². The molecule has 0 spiro atoms. The van der Waals surface area contributed by atoms with Crippen LogP contribution in [0.25, 0.3) is 5.69 Å². The van der Waals surface area contributed by atoms with Gasteiger partial charge in [0, 0.05) is 36.8 Å². The van der Waals surface area contributed by atoms with Crippen molar-refractivity contribution in [2.45, 2.75) is 58.4 Å². The lowest BCUT2D eigenvalue weighted by molar-refractivity contribution is -0.121. The van der Waals surface area contributed by atoms with E-state index in [4.69, 9.17) is 0 Å². The molecule has 1 aliphatic heterocycles. The molecule has 1 N–H and O–H groups in total. The molecule has 29 heavy (non-hydrogen) atoms. The topological polar surface area (TPSA) is 67.2 Å². The van der Waals surface area contributed by atoms with Crippen LogP contribution in [-0.2, 0) is 4.79 Å². The Balaban J connectivity index is 1.34. The minimum Gasteiger partial charge on any atom is -0.353 e. The van der Waals surface area contributed by atoms with Gasteiger partial charge < -0.3 is 10.2 Å². The molecule has 2 amide bonds. The van der Waals surface area contributed by atoms with Crippen molar-refractivity contribution in [1.82, 2.24) is 20.0 Å². The molecule has 0 bridgehead atoms. The zero-order chi connectivity index (χ0) is 20.4. The third-order valence-electron chi connectivity index (χ3n) is 5.90. The van der Waals surface area contributed by atoms with E-state index in [0.717, 1.165) is 62.3 Å². The van der Waals surface area contributed by atoms with Gasteiger partial charge in [-0.2, -0.15) is 5.10 Å². The second-order valence-corrected chi connectivity index (χ2v) is 8.53. The first-order chi connectivity index (χ1) is 14.0. The summed E-state index contributed by atoms with van der Waals surface area (Å²) in [5.74, 6) is 0.652. The number of hydrogen-bond donors (Lipinski definition) is 1. The number of likely N-dealkylation sites (tertiary alicyclic amines) is 1. The molecule has 4 rings (SSSR count). The predicted molar refractivity (Wildman–Crippen MR) is 112 cm³/mol. The third kappa shape index (κ3) is 4.86. The van der Waals surface area contributed by atoms with E-state index < -0.39 is 0 Å². The van der Waals surface area contributed by atoms with Crippen molar-refractivity contribution in [3.63, 3.8) is 0 Å². The summed E-state index contributed by atoms with van der Waals surface area (Å²) in [4.78, 5) is 26.9. The number of carbonyl (C=O) groups is 2. The molecule has 154 valence electrons. The number of carbonyl (C=O) groups excluding carboxylic acids is 2. The summed E-state index contributed by atoms with van der Waals surface area (Å²) < 4.78 is 1.90. The lowest BCUT2D eigenvalue weighted by Gasteiger charge is -2.33. The predicted octanol–water partition coefficient (Wildman–Crippen LogP) is 3.40. The van der Waals surface area contributed by atoms with Crippen molar-refractivity contribution in [1.29, 1.82) is 0 Å². The third-order valence-corrected chi connectivity index (χ3v) is 5.90. The van der Waals surface area contributed by atoms with Gasteiger partial charge in [-0.25, -0.2) is 4.68 Å². The van der Waals surface area contributed by atoms with Crippen LogP contribution in [0.2, 0.25) is 0 Å². The number of piperidine rings is 1. The molecule has 2 aromatic rings. The van der Waals surface area contributed by atoms with Crippen LogP contribution >= 0.6 is 0 Å². The fraction of sp³-hybridized carbons (Fsp3) is 0.522. The summed E-state index contributed by atoms with van der Waals surface area (Å²) >= 11 is 0. The summed E-state index contributed by atoms with van der Waals surface area (Å²) in [6, 6.07) is 10.1. The Labute approximate surface area is 172 Å². The van der Waals surface area contributed by atoms with Crippen LogP contribution < -0.4 is 5.32 Å². The van der Waals surface area contributed by atoms with Crippen molar-refractivity contribution in [3.8, 4) is 5.69 Å². The maximum Gasteiger partial charge on any atom is 0.253 e. The van der Waals surface area contributed by atoms with E-state index in [-0.39, 0.29) is 11.8 Å². The first-order valence-corrected chi connectivity index (χ1v) is 10.7. The quantitative estimate of drug-likeness (QED) is 0.817. The van der Waals surface area contributed by atoms with E-state index in [1.54, 1.807) is 0 Å². The highest BCUT2D eigenvalue weighted by atomic mass is 16.2. The van der Waals surface area contributed by atoms with Gasteiger partial charge in [-0.3, -0.25) is 9.59 Å². The molecule has 1 saturated heterocycles. The Hall–Kier alpha value is -2.63. The maximum atomic E-state index is 13.0. The standard InChI is InChI=1S/C23H30N4O2/c1-16-14-17(2)27(25-16)21-10-6-19(7-11-21)23(29)26-13-3-4-18(15-26)5-12-22(28)24-20-8-9-20/h6-7,10-11,14,18,20H,3-5,8-9,12-13,15H2,1-2H3,(H,24,28)/t18-/m1/s1. The van der Waals surface area contributed by atoms with E-state index in [1.807, 2.05) is 53.8 Å². The van der Waals surface area contributed by atoms with Crippen molar-refractivity contribution in [2.24, 2.45) is 5.92 Å². The molecule has 2 fully saturated rings. The zero-order valence-corrected chi connectivity index (χ0v) is 17.4. The molecule has 0 radical (unpaired) electrons. The van der Waals surface area contributed by atoms with Crippen LogP contribution in [-0.4, -0.2) is 45.6 Å². The highest BCUT2D eigenvalue weighted by Gasteiger charge is 2.26. The van der Waals surface area contributed by atoms with Crippen molar-refractivity contribution >= 4 is 11.8 Å². The van der Waals surface area contributed by atoms with Gasteiger partial charge in [0.05, 0.1) is 11.4 Å².